The first kappa shape index (κ1) is 19.9. The minimum absolute atomic E-state index is 0.00292. The van der Waals surface area contributed by atoms with Crippen molar-refractivity contribution in [3.05, 3.63) is 54.1 Å². The largest absolute Gasteiger partial charge is 0.484 e. The molecular formula is C22H26N2O4. The van der Waals surface area contributed by atoms with Gasteiger partial charge in [-0.05, 0) is 54.7 Å². The Labute approximate surface area is 165 Å². The number of rotatable bonds is 6. The van der Waals surface area contributed by atoms with E-state index in [0.717, 1.165) is 30.4 Å². The van der Waals surface area contributed by atoms with Crippen LogP contribution in [0, 0.1) is 0 Å². The number of likely N-dealkylation sites (N-methyl/N-ethyl adjacent to an activating group) is 1. The predicted octanol–water partition coefficient (Wildman–Crippen LogP) is 2.47. The highest BCUT2D eigenvalue weighted by atomic mass is 16.5. The molecule has 1 heterocycles. The number of aliphatic hydroxyl groups excluding tert-OH is 1. The molecule has 1 aliphatic heterocycles. The van der Waals surface area contributed by atoms with E-state index < -0.39 is 0 Å². The summed E-state index contributed by atoms with van der Waals surface area (Å²) in [5, 5.41) is 12.1. The molecule has 0 bridgehead atoms. The summed E-state index contributed by atoms with van der Waals surface area (Å²) < 4.78 is 5.42. The summed E-state index contributed by atoms with van der Waals surface area (Å²) in [5.41, 5.74) is 2.51. The van der Waals surface area contributed by atoms with E-state index in [4.69, 9.17) is 4.74 Å². The van der Waals surface area contributed by atoms with Crippen molar-refractivity contribution in [2.75, 3.05) is 26.8 Å². The smallest absolute Gasteiger partial charge is 0.257 e. The Balaban J connectivity index is 1.74. The van der Waals surface area contributed by atoms with Crippen molar-refractivity contribution < 1.29 is 19.4 Å². The van der Waals surface area contributed by atoms with Gasteiger partial charge in [-0.1, -0.05) is 24.3 Å². The number of nitrogens with one attached hydrogen (secondary N) is 1. The molecule has 2 aromatic rings. The second kappa shape index (κ2) is 9.37. The van der Waals surface area contributed by atoms with Crippen LogP contribution in [0.1, 0.15) is 29.6 Å². The maximum absolute atomic E-state index is 12.9. The Hall–Kier alpha value is -2.86. The van der Waals surface area contributed by atoms with Crippen LogP contribution in [0.25, 0.3) is 11.1 Å². The zero-order chi connectivity index (χ0) is 19.9. The van der Waals surface area contributed by atoms with Gasteiger partial charge in [0.05, 0.1) is 12.6 Å². The number of ether oxygens (including phenoxy) is 1. The SMILES string of the molecule is CNC(=O)COc1ccc(-c2cccc(C(=O)N3CCCCC3CO)c2)cc1. The topological polar surface area (TPSA) is 78.9 Å². The summed E-state index contributed by atoms with van der Waals surface area (Å²) >= 11 is 0. The zero-order valence-electron chi connectivity index (χ0n) is 16.1. The van der Waals surface area contributed by atoms with Crippen LogP contribution in [-0.2, 0) is 4.79 Å². The summed E-state index contributed by atoms with van der Waals surface area (Å²) in [6, 6.07) is 14.8. The van der Waals surface area contributed by atoms with Crippen LogP contribution in [0.5, 0.6) is 5.75 Å². The van der Waals surface area contributed by atoms with Crippen LogP contribution >= 0.6 is 0 Å². The van der Waals surface area contributed by atoms with E-state index >= 15 is 0 Å². The lowest BCUT2D eigenvalue weighted by molar-refractivity contribution is -0.122. The van der Waals surface area contributed by atoms with Gasteiger partial charge in [0, 0.05) is 19.2 Å². The molecule has 1 fully saturated rings. The third kappa shape index (κ3) is 4.70. The van der Waals surface area contributed by atoms with Gasteiger partial charge >= 0.3 is 0 Å². The molecule has 2 N–H and O–H groups in total. The summed E-state index contributed by atoms with van der Waals surface area (Å²) in [7, 11) is 1.57. The molecule has 0 saturated carbocycles. The lowest BCUT2D eigenvalue weighted by atomic mass is 9.99. The number of carbonyl (C=O) groups excluding carboxylic acids is 2. The van der Waals surface area contributed by atoms with E-state index in [2.05, 4.69) is 5.32 Å². The normalized spacial score (nSPS) is 16.5. The van der Waals surface area contributed by atoms with E-state index in [1.165, 1.54) is 0 Å². The van der Waals surface area contributed by atoms with Crippen LogP contribution in [0.4, 0.5) is 0 Å². The number of aliphatic hydroxyl groups is 1. The van der Waals surface area contributed by atoms with Crippen LogP contribution in [-0.4, -0.2) is 54.7 Å². The maximum Gasteiger partial charge on any atom is 0.257 e. The summed E-state index contributed by atoms with van der Waals surface area (Å²) in [4.78, 5) is 26.0. The number of hydrogen-bond donors (Lipinski definition) is 2. The molecule has 6 nitrogen and oxygen atoms in total. The van der Waals surface area contributed by atoms with Crippen molar-refractivity contribution in [2.24, 2.45) is 0 Å². The van der Waals surface area contributed by atoms with Crippen molar-refractivity contribution in [3.63, 3.8) is 0 Å². The predicted molar refractivity (Wildman–Crippen MR) is 107 cm³/mol. The molecule has 0 radical (unpaired) electrons. The van der Waals surface area contributed by atoms with Gasteiger partial charge in [0.2, 0.25) is 0 Å². The quantitative estimate of drug-likeness (QED) is 0.804. The highest BCUT2D eigenvalue weighted by molar-refractivity contribution is 5.95. The van der Waals surface area contributed by atoms with Crippen LogP contribution in [0.15, 0.2) is 48.5 Å². The number of likely N-dealkylation sites (tertiary alicyclic amines) is 1. The third-order valence-electron chi connectivity index (χ3n) is 5.04. The van der Waals surface area contributed by atoms with Crippen LogP contribution in [0.2, 0.25) is 0 Å². The van der Waals surface area contributed by atoms with Gasteiger partial charge in [0.1, 0.15) is 5.75 Å². The number of benzene rings is 2. The molecule has 28 heavy (non-hydrogen) atoms. The second-order valence-electron chi connectivity index (χ2n) is 6.90. The molecule has 1 unspecified atom stereocenters. The lowest BCUT2D eigenvalue weighted by Crippen LogP contribution is -2.45. The Kier molecular flexibility index (Phi) is 6.66. The number of piperidine rings is 1. The first-order valence-corrected chi connectivity index (χ1v) is 9.58. The average Bonchev–Trinajstić information content (AvgIpc) is 2.77. The minimum atomic E-state index is -0.186. The standard InChI is InChI=1S/C22H26N2O4/c1-23-21(26)15-28-20-10-8-16(9-11-20)17-5-4-6-18(13-17)22(27)24-12-3-2-7-19(24)14-25/h4-6,8-11,13,19,25H,2-3,7,12,14-15H2,1H3,(H,23,26). The van der Waals surface area contributed by atoms with Gasteiger partial charge in [0.15, 0.2) is 6.61 Å². The molecule has 1 aliphatic rings. The van der Waals surface area contributed by atoms with E-state index in [1.807, 2.05) is 36.4 Å². The summed E-state index contributed by atoms with van der Waals surface area (Å²) in [6.45, 7) is 0.663. The summed E-state index contributed by atoms with van der Waals surface area (Å²) in [6.07, 6.45) is 2.86. The number of carbonyl (C=O) groups is 2. The summed E-state index contributed by atoms with van der Waals surface area (Å²) in [5.74, 6) is 0.388. The monoisotopic (exact) mass is 382 g/mol. The fourth-order valence-corrected chi connectivity index (χ4v) is 3.42. The molecule has 0 aliphatic carbocycles. The lowest BCUT2D eigenvalue weighted by Gasteiger charge is -2.34. The van der Waals surface area contributed by atoms with Gasteiger partial charge in [-0.15, -0.1) is 0 Å². The first-order valence-electron chi connectivity index (χ1n) is 9.58. The molecule has 2 amide bonds. The van der Waals surface area contributed by atoms with Crippen molar-refractivity contribution in [1.82, 2.24) is 10.2 Å². The van der Waals surface area contributed by atoms with Gasteiger partial charge in [-0.2, -0.15) is 0 Å². The fraction of sp³-hybridized carbons (Fsp3) is 0.364. The molecule has 0 aromatic heterocycles. The highest BCUT2D eigenvalue weighted by Crippen LogP contribution is 2.25. The van der Waals surface area contributed by atoms with E-state index in [0.29, 0.717) is 17.9 Å². The third-order valence-corrected chi connectivity index (χ3v) is 5.04. The van der Waals surface area contributed by atoms with E-state index in [-0.39, 0.29) is 31.1 Å². The van der Waals surface area contributed by atoms with Crippen molar-refractivity contribution in [3.8, 4) is 16.9 Å². The van der Waals surface area contributed by atoms with Crippen LogP contribution < -0.4 is 10.1 Å². The molecule has 6 heteroatoms. The van der Waals surface area contributed by atoms with Crippen LogP contribution in [0.3, 0.4) is 0 Å². The minimum Gasteiger partial charge on any atom is -0.484 e. The molecular weight excluding hydrogens is 356 g/mol. The van der Waals surface area contributed by atoms with Crippen molar-refractivity contribution >= 4 is 11.8 Å². The van der Waals surface area contributed by atoms with Gasteiger partial charge in [-0.25, -0.2) is 0 Å². The van der Waals surface area contributed by atoms with Gasteiger partial charge in [0.25, 0.3) is 11.8 Å². The number of nitrogens with zero attached hydrogens (tertiary/aromatic N) is 1. The molecule has 1 saturated heterocycles. The molecule has 1 atom stereocenters. The highest BCUT2D eigenvalue weighted by Gasteiger charge is 2.26. The van der Waals surface area contributed by atoms with E-state index in [1.54, 1.807) is 24.1 Å². The van der Waals surface area contributed by atoms with E-state index in [9.17, 15) is 14.7 Å². The average molecular weight is 382 g/mol. The molecule has 0 spiro atoms. The Morgan fingerprint density at radius 1 is 1.14 bits per heavy atom. The molecule has 3 rings (SSSR count). The Morgan fingerprint density at radius 2 is 1.93 bits per heavy atom. The molecule has 2 aromatic carbocycles. The van der Waals surface area contributed by atoms with Crippen molar-refractivity contribution in [1.29, 1.82) is 0 Å². The number of amides is 2. The Morgan fingerprint density at radius 3 is 2.64 bits per heavy atom. The Bertz CT molecular complexity index is 820. The van der Waals surface area contributed by atoms with Gasteiger partial charge in [-0.3, -0.25) is 9.59 Å². The maximum atomic E-state index is 12.9. The fourth-order valence-electron chi connectivity index (χ4n) is 3.42. The van der Waals surface area contributed by atoms with Crippen molar-refractivity contribution in [2.45, 2.75) is 25.3 Å². The molecule has 148 valence electrons. The first-order chi connectivity index (χ1) is 13.6. The zero-order valence-corrected chi connectivity index (χ0v) is 16.1. The number of hydrogen-bond acceptors (Lipinski definition) is 4. The van der Waals surface area contributed by atoms with Gasteiger partial charge < -0.3 is 20.1 Å². The second-order valence-corrected chi connectivity index (χ2v) is 6.90.